The van der Waals surface area contributed by atoms with Crippen molar-refractivity contribution in [1.82, 2.24) is 9.13 Å². The summed E-state index contributed by atoms with van der Waals surface area (Å²) in [4.78, 5) is 3.68. The lowest BCUT2D eigenvalue weighted by Crippen LogP contribution is -1.98. The lowest BCUT2D eigenvalue weighted by molar-refractivity contribution is 1.18. The third-order valence-corrected chi connectivity index (χ3v) is 9.59. The van der Waals surface area contributed by atoms with Gasteiger partial charge in [0.25, 0.3) is 0 Å². The van der Waals surface area contributed by atoms with Gasteiger partial charge in [-0.15, -0.1) is 0 Å². The molecule has 2 aromatic heterocycles. The molecule has 50 heavy (non-hydrogen) atoms. The first kappa shape index (κ1) is 28.8. The fourth-order valence-corrected chi connectivity index (χ4v) is 7.31. The van der Waals surface area contributed by atoms with Crippen molar-refractivity contribution in [1.29, 1.82) is 10.5 Å². The summed E-state index contributed by atoms with van der Waals surface area (Å²) in [6, 6.07) is 55.8. The minimum atomic E-state index is 0.586. The van der Waals surface area contributed by atoms with Crippen LogP contribution in [0.1, 0.15) is 11.1 Å². The predicted molar refractivity (Wildman–Crippen MR) is 202 cm³/mol. The van der Waals surface area contributed by atoms with Crippen molar-refractivity contribution in [3.05, 3.63) is 174 Å². The monoisotopic (exact) mass is 635 g/mol. The van der Waals surface area contributed by atoms with Crippen LogP contribution in [0.25, 0.3) is 82.1 Å². The molecule has 0 aliphatic carbocycles. The molecule has 0 radical (unpaired) electrons. The first-order chi connectivity index (χ1) is 24.6. The van der Waals surface area contributed by atoms with Gasteiger partial charge in [0, 0.05) is 27.4 Å². The van der Waals surface area contributed by atoms with E-state index in [2.05, 4.69) is 98.9 Å². The number of benzene rings is 7. The van der Waals surface area contributed by atoms with Gasteiger partial charge in [0.05, 0.1) is 57.6 Å². The topological polar surface area (TPSA) is 61.8 Å². The van der Waals surface area contributed by atoms with E-state index in [0.717, 1.165) is 77.2 Å². The van der Waals surface area contributed by atoms with Gasteiger partial charge in [-0.2, -0.15) is 10.5 Å². The molecule has 0 amide bonds. The second-order valence-electron chi connectivity index (χ2n) is 12.3. The van der Waals surface area contributed by atoms with Gasteiger partial charge in [-0.25, -0.2) is 4.85 Å². The van der Waals surface area contributed by atoms with Crippen molar-refractivity contribution in [2.45, 2.75) is 0 Å². The number of hydrogen-bond donors (Lipinski definition) is 0. The average Bonchev–Trinajstić information content (AvgIpc) is 3.69. The van der Waals surface area contributed by atoms with E-state index >= 15 is 0 Å². The molecule has 0 aliphatic rings. The van der Waals surface area contributed by atoms with Crippen LogP contribution in [0.4, 0.5) is 5.69 Å². The van der Waals surface area contributed by atoms with Gasteiger partial charge < -0.3 is 9.13 Å². The molecule has 0 spiro atoms. The van der Waals surface area contributed by atoms with E-state index < -0.39 is 0 Å². The van der Waals surface area contributed by atoms with Crippen LogP contribution in [-0.2, 0) is 0 Å². The Labute approximate surface area is 288 Å². The molecule has 0 saturated carbocycles. The first-order valence-corrected chi connectivity index (χ1v) is 16.2. The molecule has 0 N–H and O–H groups in total. The molecule has 0 unspecified atom stereocenters. The highest BCUT2D eigenvalue weighted by Gasteiger charge is 2.18. The Hall–Kier alpha value is -7.39. The van der Waals surface area contributed by atoms with Gasteiger partial charge in [0.1, 0.15) is 0 Å². The molecule has 5 heteroatoms. The number of aromatic nitrogens is 2. The predicted octanol–water partition coefficient (Wildman–Crippen LogP) is 11.5. The lowest BCUT2D eigenvalue weighted by Gasteiger charge is -2.16. The zero-order valence-electron chi connectivity index (χ0n) is 26.7. The number of fused-ring (bicyclic) bond motifs is 6. The largest absolute Gasteiger partial charge is 0.309 e. The zero-order valence-corrected chi connectivity index (χ0v) is 26.7. The van der Waals surface area contributed by atoms with E-state index in [9.17, 15) is 10.5 Å². The summed E-state index contributed by atoms with van der Waals surface area (Å²) >= 11 is 0. The molecular weight excluding hydrogens is 611 g/mol. The maximum Gasteiger partial charge on any atom is 0.188 e. The van der Waals surface area contributed by atoms with Crippen LogP contribution in [0.2, 0.25) is 0 Å². The molecule has 2 heterocycles. The summed E-state index contributed by atoms with van der Waals surface area (Å²) in [5.41, 5.74) is 12.1. The van der Waals surface area contributed by atoms with E-state index in [0.29, 0.717) is 16.8 Å². The average molecular weight is 636 g/mol. The van der Waals surface area contributed by atoms with E-state index in [1.165, 1.54) is 0 Å². The number of nitriles is 2. The Bertz CT molecular complexity index is 2960. The van der Waals surface area contributed by atoms with Crippen LogP contribution >= 0.6 is 0 Å². The zero-order chi connectivity index (χ0) is 33.8. The molecule has 0 atom stereocenters. The number of nitrogens with zero attached hydrogens (tertiary/aromatic N) is 5. The fourth-order valence-electron chi connectivity index (χ4n) is 7.31. The van der Waals surface area contributed by atoms with Gasteiger partial charge in [0.2, 0.25) is 0 Å². The number of rotatable bonds is 4. The first-order valence-electron chi connectivity index (χ1n) is 16.2. The molecule has 9 aromatic rings. The standard InChI is InChI=1S/C45H25N5/c1-48-34-17-22-45-40(26-34)37-10-3-5-12-42(37)50(45)43-20-13-29(27-46)23-38(43)33-8-6-7-32(25-33)31-15-18-35(19-16-31)49-41-11-4-2-9-36(41)39-24-30(28-47)14-21-44(39)49/h2-26H. The van der Waals surface area contributed by atoms with E-state index in [4.69, 9.17) is 6.57 Å². The highest BCUT2D eigenvalue weighted by molar-refractivity contribution is 6.11. The minimum Gasteiger partial charge on any atom is -0.309 e. The van der Waals surface area contributed by atoms with Crippen LogP contribution in [0.3, 0.4) is 0 Å². The highest BCUT2D eigenvalue weighted by Crippen LogP contribution is 2.39. The van der Waals surface area contributed by atoms with Crippen molar-refractivity contribution < 1.29 is 0 Å². The fraction of sp³-hybridized carbons (Fsp3) is 0. The highest BCUT2D eigenvalue weighted by atomic mass is 15.0. The van der Waals surface area contributed by atoms with Crippen molar-refractivity contribution in [3.63, 3.8) is 0 Å². The number of para-hydroxylation sites is 2. The maximum atomic E-state index is 9.93. The summed E-state index contributed by atoms with van der Waals surface area (Å²) in [7, 11) is 0. The van der Waals surface area contributed by atoms with Crippen molar-refractivity contribution in [3.8, 4) is 45.8 Å². The van der Waals surface area contributed by atoms with Crippen molar-refractivity contribution in [2.75, 3.05) is 0 Å². The summed E-state index contributed by atoms with van der Waals surface area (Å²) < 4.78 is 4.49. The number of hydrogen-bond acceptors (Lipinski definition) is 2. The second kappa shape index (κ2) is 11.4. The summed E-state index contributed by atoms with van der Waals surface area (Å²) in [6.07, 6.45) is 0. The normalized spacial score (nSPS) is 11.1. The van der Waals surface area contributed by atoms with E-state index in [1.54, 1.807) is 0 Å². The third-order valence-electron chi connectivity index (χ3n) is 9.59. The quantitative estimate of drug-likeness (QED) is 0.181. The Kier molecular flexibility index (Phi) is 6.56. The molecule has 230 valence electrons. The molecular formula is C45H25N5. The Morgan fingerprint density at radius 2 is 1.06 bits per heavy atom. The summed E-state index contributed by atoms with van der Waals surface area (Å²) in [5.74, 6) is 0. The Balaban J connectivity index is 1.17. The third kappa shape index (κ3) is 4.45. The Morgan fingerprint density at radius 3 is 1.80 bits per heavy atom. The summed E-state index contributed by atoms with van der Waals surface area (Å²) in [5, 5.41) is 23.7. The smallest absolute Gasteiger partial charge is 0.188 e. The Morgan fingerprint density at radius 1 is 0.460 bits per heavy atom. The molecule has 0 fully saturated rings. The van der Waals surface area contributed by atoms with Crippen LogP contribution in [0.15, 0.2) is 152 Å². The van der Waals surface area contributed by atoms with E-state index in [-0.39, 0.29) is 0 Å². The van der Waals surface area contributed by atoms with Gasteiger partial charge in [-0.3, -0.25) is 0 Å². The van der Waals surface area contributed by atoms with Crippen molar-refractivity contribution in [2.24, 2.45) is 0 Å². The van der Waals surface area contributed by atoms with Crippen LogP contribution in [-0.4, -0.2) is 9.13 Å². The summed E-state index contributed by atoms with van der Waals surface area (Å²) in [6.45, 7) is 7.58. The maximum absolute atomic E-state index is 9.93. The van der Waals surface area contributed by atoms with Gasteiger partial charge >= 0.3 is 0 Å². The molecule has 0 bridgehead atoms. The van der Waals surface area contributed by atoms with Gasteiger partial charge in [-0.1, -0.05) is 72.8 Å². The van der Waals surface area contributed by atoms with E-state index in [1.807, 2.05) is 78.9 Å². The van der Waals surface area contributed by atoms with Gasteiger partial charge in [0.15, 0.2) is 5.69 Å². The molecule has 7 aromatic carbocycles. The van der Waals surface area contributed by atoms with Gasteiger partial charge in [-0.05, 0) is 101 Å². The molecule has 5 nitrogen and oxygen atoms in total. The van der Waals surface area contributed by atoms with Crippen LogP contribution in [0.5, 0.6) is 0 Å². The van der Waals surface area contributed by atoms with Crippen LogP contribution < -0.4 is 0 Å². The molecule has 0 aliphatic heterocycles. The SMILES string of the molecule is [C-]#[N+]c1ccc2c(c1)c1ccccc1n2-c1ccc(C#N)cc1-c1cccc(-c2ccc(-n3c4ccccc4c4cc(C#N)ccc43)cc2)c1. The minimum absolute atomic E-state index is 0.586. The van der Waals surface area contributed by atoms with Crippen LogP contribution in [0, 0.1) is 29.2 Å². The second-order valence-corrected chi connectivity index (χ2v) is 12.3. The van der Waals surface area contributed by atoms with Crippen molar-refractivity contribution >= 4 is 49.3 Å². The molecule has 0 saturated heterocycles. The lowest BCUT2D eigenvalue weighted by atomic mass is 9.96. The molecule has 9 rings (SSSR count).